The fraction of sp³-hybridized carbons (Fsp3) is 0.400. The lowest BCUT2D eigenvalue weighted by Gasteiger charge is -2.11. The Kier molecular flexibility index (Phi) is 4.22. The Labute approximate surface area is 83.3 Å². The number of hydrogen-bond donors (Lipinski definition) is 2. The molecule has 1 rings (SSSR count). The van der Waals surface area contributed by atoms with Gasteiger partial charge in [0.1, 0.15) is 5.56 Å². The van der Waals surface area contributed by atoms with E-state index in [1.807, 2.05) is 30.3 Å². The Balaban J connectivity index is 2.41. The zero-order chi connectivity index (χ0) is 9.68. The Bertz CT molecular complexity index is 238. The van der Waals surface area contributed by atoms with Crippen molar-refractivity contribution in [2.75, 3.05) is 0 Å². The molecule has 13 heavy (non-hydrogen) atoms. The quantitative estimate of drug-likeness (QED) is 0.723. The van der Waals surface area contributed by atoms with Crippen molar-refractivity contribution in [3.8, 4) is 0 Å². The van der Waals surface area contributed by atoms with Crippen LogP contribution in [0.25, 0.3) is 0 Å². The topological polar surface area (TPSA) is 46.2 Å². The highest BCUT2D eigenvalue weighted by molar-refractivity contribution is 6.19. The predicted octanol–water partition coefficient (Wildman–Crippen LogP) is 1.50. The second-order valence-corrected chi connectivity index (χ2v) is 3.62. The van der Waals surface area contributed by atoms with Crippen LogP contribution < -0.4 is 5.73 Å². The van der Waals surface area contributed by atoms with Crippen molar-refractivity contribution in [2.24, 2.45) is 5.73 Å². The summed E-state index contributed by atoms with van der Waals surface area (Å²) in [6, 6.07) is 9.86. The third kappa shape index (κ3) is 4.27. The molecule has 0 heterocycles. The molecule has 0 aliphatic rings. The highest BCUT2D eigenvalue weighted by atomic mass is 35.5. The Morgan fingerprint density at radius 1 is 1.31 bits per heavy atom. The van der Waals surface area contributed by atoms with E-state index in [2.05, 4.69) is 0 Å². The van der Waals surface area contributed by atoms with Crippen LogP contribution in [0.15, 0.2) is 30.3 Å². The largest absolute Gasteiger partial charge is 0.378 e. The minimum atomic E-state index is -0.835. The molecule has 2 nitrogen and oxygen atoms in total. The van der Waals surface area contributed by atoms with Crippen LogP contribution in [0.2, 0.25) is 0 Å². The number of hydrogen-bond acceptors (Lipinski definition) is 2. The maximum atomic E-state index is 8.89. The molecule has 0 saturated carbocycles. The molecule has 0 radical (unpaired) electrons. The van der Waals surface area contributed by atoms with Crippen molar-refractivity contribution < 1.29 is 5.11 Å². The van der Waals surface area contributed by atoms with Gasteiger partial charge in [-0.25, -0.2) is 0 Å². The molecule has 3 N–H and O–H groups in total. The van der Waals surface area contributed by atoms with Crippen molar-refractivity contribution in [1.29, 1.82) is 0 Å². The number of aliphatic hydroxyl groups is 1. The van der Waals surface area contributed by atoms with E-state index >= 15 is 0 Å². The molecule has 0 bridgehead atoms. The molecule has 2 atom stereocenters. The average Bonchev–Trinajstić information content (AvgIpc) is 2.04. The molecule has 1 aromatic rings. The van der Waals surface area contributed by atoms with Crippen LogP contribution >= 0.6 is 11.6 Å². The summed E-state index contributed by atoms with van der Waals surface area (Å²) in [4.78, 5) is 0. The first-order valence-electron chi connectivity index (χ1n) is 4.30. The van der Waals surface area contributed by atoms with Gasteiger partial charge in [-0.1, -0.05) is 41.9 Å². The molecular weight excluding hydrogens is 186 g/mol. The van der Waals surface area contributed by atoms with E-state index in [1.165, 1.54) is 5.56 Å². The number of halogens is 1. The summed E-state index contributed by atoms with van der Waals surface area (Å²) >= 11 is 5.41. The Hall–Kier alpha value is -0.570. The molecule has 3 heteroatoms. The molecule has 0 fully saturated rings. The summed E-state index contributed by atoms with van der Waals surface area (Å²) in [5.41, 5.74) is 6.10. The molecule has 0 aliphatic carbocycles. The zero-order valence-electron chi connectivity index (χ0n) is 7.36. The first kappa shape index (κ1) is 10.5. The molecule has 0 saturated heterocycles. The molecule has 1 aromatic carbocycles. The van der Waals surface area contributed by atoms with E-state index in [0.717, 1.165) is 6.42 Å². The van der Waals surface area contributed by atoms with Gasteiger partial charge in [0.2, 0.25) is 0 Å². The summed E-state index contributed by atoms with van der Waals surface area (Å²) < 4.78 is 0. The van der Waals surface area contributed by atoms with Gasteiger partial charge in [0, 0.05) is 12.5 Å². The van der Waals surface area contributed by atoms with Gasteiger partial charge in [0.05, 0.1) is 0 Å². The SMILES string of the molecule is NC(Cc1ccccc1)CC(O)Cl. The van der Waals surface area contributed by atoms with Gasteiger partial charge in [-0.3, -0.25) is 0 Å². The lowest BCUT2D eigenvalue weighted by atomic mass is 10.0. The lowest BCUT2D eigenvalue weighted by molar-refractivity contribution is 0.234. The summed E-state index contributed by atoms with van der Waals surface area (Å²) in [7, 11) is 0. The summed E-state index contributed by atoms with van der Waals surface area (Å²) in [5, 5.41) is 8.89. The summed E-state index contributed by atoms with van der Waals surface area (Å²) in [5.74, 6) is 0. The normalized spacial score (nSPS) is 15.3. The van der Waals surface area contributed by atoms with Crippen LogP contribution in [0.3, 0.4) is 0 Å². The van der Waals surface area contributed by atoms with Gasteiger partial charge >= 0.3 is 0 Å². The highest BCUT2D eigenvalue weighted by Crippen LogP contribution is 2.07. The number of benzene rings is 1. The van der Waals surface area contributed by atoms with Gasteiger partial charge in [-0.15, -0.1) is 0 Å². The summed E-state index contributed by atoms with van der Waals surface area (Å²) in [6.45, 7) is 0. The Morgan fingerprint density at radius 2 is 1.92 bits per heavy atom. The molecule has 72 valence electrons. The van der Waals surface area contributed by atoms with Crippen LogP contribution in [-0.2, 0) is 6.42 Å². The van der Waals surface area contributed by atoms with E-state index in [-0.39, 0.29) is 6.04 Å². The van der Waals surface area contributed by atoms with E-state index in [0.29, 0.717) is 6.42 Å². The predicted molar refractivity (Wildman–Crippen MR) is 54.6 cm³/mol. The molecule has 0 aliphatic heterocycles. The number of nitrogens with two attached hydrogens (primary N) is 1. The zero-order valence-corrected chi connectivity index (χ0v) is 8.11. The summed E-state index contributed by atoms with van der Waals surface area (Å²) in [6.07, 6.45) is 1.18. The fourth-order valence-electron chi connectivity index (χ4n) is 1.25. The fourth-order valence-corrected chi connectivity index (χ4v) is 1.48. The third-order valence-electron chi connectivity index (χ3n) is 1.84. The van der Waals surface area contributed by atoms with Crippen molar-refractivity contribution in [1.82, 2.24) is 0 Å². The van der Waals surface area contributed by atoms with E-state index < -0.39 is 5.56 Å². The first-order chi connectivity index (χ1) is 6.18. The monoisotopic (exact) mass is 199 g/mol. The van der Waals surface area contributed by atoms with Gasteiger partial charge < -0.3 is 10.8 Å². The second-order valence-electron chi connectivity index (χ2n) is 3.12. The lowest BCUT2D eigenvalue weighted by Crippen LogP contribution is -2.26. The second kappa shape index (κ2) is 5.22. The highest BCUT2D eigenvalue weighted by Gasteiger charge is 2.07. The van der Waals surface area contributed by atoms with Crippen LogP contribution in [-0.4, -0.2) is 16.7 Å². The molecule has 0 spiro atoms. The van der Waals surface area contributed by atoms with Crippen LogP contribution in [0.4, 0.5) is 0 Å². The van der Waals surface area contributed by atoms with Gasteiger partial charge in [0.15, 0.2) is 0 Å². The van der Waals surface area contributed by atoms with E-state index in [9.17, 15) is 0 Å². The van der Waals surface area contributed by atoms with E-state index in [4.69, 9.17) is 22.4 Å². The first-order valence-corrected chi connectivity index (χ1v) is 4.74. The van der Waals surface area contributed by atoms with Crippen molar-refractivity contribution in [3.05, 3.63) is 35.9 Å². The third-order valence-corrected chi connectivity index (χ3v) is 2.02. The average molecular weight is 200 g/mol. The molecule has 0 amide bonds. The number of aliphatic hydroxyl groups excluding tert-OH is 1. The van der Waals surface area contributed by atoms with Gasteiger partial charge in [0.25, 0.3) is 0 Å². The van der Waals surface area contributed by atoms with E-state index in [1.54, 1.807) is 0 Å². The van der Waals surface area contributed by atoms with Crippen LogP contribution in [0.5, 0.6) is 0 Å². The minimum absolute atomic E-state index is 0.0742. The molecular formula is C10H14ClNO. The maximum absolute atomic E-state index is 8.89. The maximum Gasteiger partial charge on any atom is 0.129 e. The number of alkyl halides is 1. The molecule has 2 unspecified atom stereocenters. The standard InChI is InChI=1S/C10H14ClNO/c11-10(13)7-9(12)6-8-4-2-1-3-5-8/h1-5,9-10,13H,6-7,12H2. The Morgan fingerprint density at radius 3 is 2.46 bits per heavy atom. The number of rotatable bonds is 4. The van der Waals surface area contributed by atoms with Crippen molar-refractivity contribution in [3.63, 3.8) is 0 Å². The van der Waals surface area contributed by atoms with Gasteiger partial charge in [-0.05, 0) is 12.0 Å². The minimum Gasteiger partial charge on any atom is -0.378 e. The van der Waals surface area contributed by atoms with Crippen molar-refractivity contribution in [2.45, 2.75) is 24.4 Å². The smallest absolute Gasteiger partial charge is 0.129 e. The van der Waals surface area contributed by atoms with Crippen LogP contribution in [0.1, 0.15) is 12.0 Å². The van der Waals surface area contributed by atoms with Gasteiger partial charge in [-0.2, -0.15) is 0 Å². The molecule has 0 aromatic heterocycles. The van der Waals surface area contributed by atoms with Crippen molar-refractivity contribution >= 4 is 11.6 Å². The van der Waals surface area contributed by atoms with Crippen LogP contribution in [0, 0.1) is 0 Å².